The van der Waals surface area contributed by atoms with Crippen molar-refractivity contribution >= 4 is 5.91 Å². The first-order valence-corrected chi connectivity index (χ1v) is 5.33. The Labute approximate surface area is 85.0 Å². The van der Waals surface area contributed by atoms with Crippen LogP contribution in [-0.2, 0) is 4.79 Å². The second-order valence-corrected chi connectivity index (χ2v) is 5.10. The van der Waals surface area contributed by atoms with E-state index in [1.165, 1.54) is 0 Å². The summed E-state index contributed by atoms with van der Waals surface area (Å²) in [7, 11) is 0. The monoisotopic (exact) mass is 197 g/mol. The SMILES string of the molecule is CC(C)(N)CN1CCC(=O)N1C1CC1. The van der Waals surface area contributed by atoms with Gasteiger partial charge in [0.2, 0.25) is 5.91 Å². The molecule has 1 heterocycles. The lowest BCUT2D eigenvalue weighted by Crippen LogP contribution is -2.51. The highest BCUT2D eigenvalue weighted by molar-refractivity contribution is 5.78. The first kappa shape index (κ1) is 9.93. The van der Waals surface area contributed by atoms with Crippen molar-refractivity contribution in [3.8, 4) is 0 Å². The number of rotatable bonds is 3. The van der Waals surface area contributed by atoms with Gasteiger partial charge in [-0.15, -0.1) is 0 Å². The average molecular weight is 197 g/mol. The highest BCUT2D eigenvalue weighted by Crippen LogP contribution is 2.32. The van der Waals surface area contributed by atoms with Crippen molar-refractivity contribution in [2.75, 3.05) is 13.1 Å². The smallest absolute Gasteiger partial charge is 0.238 e. The molecule has 14 heavy (non-hydrogen) atoms. The van der Waals surface area contributed by atoms with Gasteiger partial charge in [0.05, 0.1) is 0 Å². The topological polar surface area (TPSA) is 49.6 Å². The Morgan fingerprint density at radius 1 is 1.50 bits per heavy atom. The number of nitrogens with two attached hydrogens (primary N) is 1. The first-order chi connectivity index (χ1) is 6.47. The molecule has 1 saturated heterocycles. The summed E-state index contributed by atoms with van der Waals surface area (Å²) in [6, 6.07) is 0.479. The second kappa shape index (κ2) is 3.21. The van der Waals surface area contributed by atoms with Crippen molar-refractivity contribution < 1.29 is 4.79 Å². The number of carbonyl (C=O) groups excluding carboxylic acids is 1. The van der Waals surface area contributed by atoms with E-state index in [4.69, 9.17) is 5.73 Å². The molecule has 2 fully saturated rings. The Hall–Kier alpha value is -0.610. The summed E-state index contributed by atoms with van der Waals surface area (Å²) in [6.45, 7) is 5.62. The third-order valence-corrected chi connectivity index (χ3v) is 2.63. The van der Waals surface area contributed by atoms with E-state index in [9.17, 15) is 4.79 Å². The maximum Gasteiger partial charge on any atom is 0.238 e. The number of carbonyl (C=O) groups is 1. The third kappa shape index (κ3) is 2.07. The lowest BCUT2D eigenvalue weighted by molar-refractivity contribution is -0.139. The van der Waals surface area contributed by atoms with Crippen molar-refractivity contribution in [1.82, 2.24) is 10.0 Å². The van der Waals surface area contributed by atoms with Gasteiger partial charge in [-0.3, -0.25) is 9.80 Å². The predicted octanol–water partition coefficient (Wildman–Crippen LogP) is 0.335. The van der Waals surface area contributed by atoms with Crippen LogP contribution >= 0.6 is 0 Å². The van der Waals surface area contributed by atoms with Gasteiger partial charge < -0.3 is 5.73 Å². The molecule has 0 radical (unpaired) electrons. The van der Waals surface area contributed by atoms with Crippen molar-refractivity contribution in [3.63, 3.8) is 0 Å². The van der Waals surface area contributed by atoms with Gasteiger partial charge in [0, 0.05) is 31.1 Å². The maximum atomic E-state index is 11.6. The zero-order valence-electron chi connectivity index (χ0n) is 8.99. The van der Waals surface area contributed by atoms with Gasteiger partial charge in [-0.05, 0) is 26.7 Å². The summed E-state index contributed by atoms with van der Waals surface area (Å²) in [5.74, 6) is 0.275. The van der Waals surface area contributed by atoms with Crippen molar-refractivity contribution in [1.29, 1.82) is 0 Å². The Kier molecular flexibility index (Phi) is 2.27. The number of hydrogen-bond donors (Lipinski definition) is 1. The minimum absolute atomic E-state index is 0.224. The molecule has 2 rings (SSSR count). The lowest BCUT2D eigenvalue weighted by Gasteiger charge is -2.33. The molecule has 0 aromatic heterocycles. The fourth-order valence-electron chi connectivity index (χ4n) is 1.98. The standard InChI is InChI=1S/C10H19N3O/c1-10(2,11)7-12-6-5-9(14)13(12)8-3-4-8/h8H,3-7,11H2,1-2H3. The summed E-state index contributed by atoms with van der Waals surface area (Å²) < 4.78 is 0. The predicted molar refractivity (Wildman–Crippen MR) is 54.3 cm³/mol. The molecule has 2 aliphatic rings. The molecule has 0 spiro atoms. The molecule has 0 unspecified atom stereocenters. The Morgan fingerprint density at radius 2 is 2.14 bits per heavy atom. The van der Waals surface area contributed by atoms with E-state index in [2.05, 4.69) is 5.01 Å². The second-order valence-electron chi connectivity index (χ2n) is 5.10. The van der Waals surface area contributed by atoms with Crippen LogP contribution in [0.1, 0.15) is 33.1 Å². The molecule has 0 aromatic rings. The minimum atomic E-state index is -0.224. The van der Waals surface area contributed by atoms with Gasteiger partial charge in [0.15, 0.2) is 0 Å². The van der Waals surface area contributed by atoms with Gasteiger partial charge in [0.25, 0.3) is 0 Å². The summed E-state index contributed by atoms with van der Waals surface area (Å²) in [5, 5.41) is 4.06. The van der Waals surface area contributed by atoms with Crippen LogP contribution in [0.25, 0.3) is 0 Å². The highest BCUT2D eigenvalue weighted by Gasteiger charge is 2.41. The molecule has 0 aromatic carbocycles. The quantitative estimate of drug-likeness (QED) is 0.709. The molecule has 1 amide bonds. The van der Waals surface area contributed by atoms with Crippen LogP contribution in [-0.4, -0.2) is 40.6 Å². The van der Waals surface area contributed by atoms with E-state index in [-0.39, 0.29) is 11.4 Å². The van der Waals surface area contributed by atoms with Crippen LogP contribution in [0.4, 0.5) is 0 Å². The van der Waals surface area contributed by atoms with Crippen LogP contribution in [0, 0.1) is 0 Å². The van der Waals surface area contributed by atoms with Crippen LogP contribution in [0.3, 0.4) is 0 Å². The van der Waals surface area contributed by atoms with Gasteiger partial charge >= 0.3 is 0 Å². The molecule has 2 N–H and O–H groups in total. The van der Waals surface area contributed by atoms with Gasteiger partial charge in [-0.2, -0.15) is 0 Å². The van der Waals surface area contributed by atoms with Crippen LogP contribution in [0.5, 0.6) is 0 Å². The maximum absolute atomic E-state index is 11.6. The molecule has 0 bridgehead atoms. The molecule has 1 saturated carbocycles. The molecular formula is C10H19N3O. The summed E-state index contributed by atoms with van der Waals surface area (Å²) >= 11 is 0. The van der Waals surface area contributed by atoms with E-state index in [1.54, 1.807) is 0 Å². The van der Waals surface area contributed by atoms with E-state index in [0.717, 1.165) is 25.9 Å². The van der Waals surface area contributed by atoms with Crippen molar-refractivity contribution in [3.05, 3.63) is 0 Å². The van der Waals surface area contributed by atoms with E-state index >= 15 is 0 Å². The number of hydrazine groups is 1. The Balaban J connectivity index is 2.00. The van der Waals surface area contributed by atoms with Gasteiger partial charge in [-0.25, -0.2) is 5.01 Å². The highest BCUT2D eigenvalue weighted by atomic mass is 16.2. The molecule has 80 valence electrons. The van der Waals surface area contributed by atoms with Crippen LogP contribution in [0.15, 0.2) is 0 Å². The third-order valence-electron chi connectivity index (χ3n) is 2.63. The Morgan fingerprint density at radius 3 is 2.64 bits per heavy atom. The number of amides is 1. The molecule has 1 aliphatic carbocycles. The van der Waals surface area contributed by atoms with Gasteiger partial charge in [-0.1, -0.05) is 0 Å². The average Bonchev–Trinajstić information content (AvgIpc) is 2.77. The zero-order valence-corrected chi connectivity index (χ0v) is 8.99. The molecule has 4 heteroatoms. The Bertz CT molecular complexity index is 242. The summed E-state index contributed by atoms with van der Waals surface area (Å²) in [6.07, 6.45) is 2.98. The van der Waals surface area contributed by atoms with E-state index in [0.29, 0.717) is 12.5 Å². The minimum Gasteiger partial charge on any atom is -0.324 e. The van der Waals surface area contributed by atoms with E-state index < -0.39 is 0 Å². The molecular weight excluding hydrogens is 178 g/mol. The summed E-state index contributed by atoms with van der Waals surface area (Å²) in [5.41, 5.74) is 5.74. The number of hydrogen-bond acceptors (Lipinski definition) is 3. The molecule has 4 nitrogen and oxygen atoms in total. The fourth-order valence-corrected chi connectivity index (χ4v) is 1.98. The molecule has 1 aliphatic heterocycles. The number of nitrogens with zero attached hydrogens (tertiary/aromatic N) is 2. The first-order valence-electron chi connectivity index (χ1n) is 5.33. The van der Waals surface area contributed by atoms with Gasteiger partial charge in [0.1, 0.15) is 0 Å². The largest absolute Gasteiger partial charge is 0.324 e. The lowest BCUT2D eigenvalue weighted by atomic mass is 10.1. The molecule has 0 atom stereocenters. The normalized spacial score (nSPS) is 24.8. The van der Waals surface area contributed by atoms with E-state index in [1.807, 2.05) is 18.9 Å². The zero-order chi connectivity index (χ0) is 10.3. The fraction of sp³-hybridized carbons (Fsp3) is 0.900. The van der Waals surface area contributed by atoms with Crippen LogP contribution in [0.2, 0.25) is 0 Å². The van der Waals surface area contributed by atoms with Crippen molar-refractivity contribution in [2.45, 2.75) is 44.7 Å². The van der Waals surface area contributed by atoms with Crippen molar-refractivity contribution in [2.24, 2.45) is 5.73 Å². The van der Waals surface area contributed by atoms with Crippen LogP contribution < -0.4 is 5.73 Å². The summed E-state index contributed by atoms with van der Waals surface area (Å²) in [4.78, 5) is 11.6.